The van der Waals surface area contributed by atoms with Crippen LogP contribution in [0, 0.1) is 0 Å². The van der Waals surface area contributed by atoms with Gasteiger partial charge in [0.15, 0.2) is 0 Å². The number of nitrogens with zero attached hydrogens (tertiary/aromatic N) is 2. The smallest absolute Gasteiger partial charge is 0.149 e. The maximum absolute atomic E-state index is 5.84. The molecule has 0 radical (unpaired) electrons. The molecule has 116 valence electrons. The number of benzene rings is 2. The van der Waals surface area contributed by atoms with Crippen molar-refractivity contribution in [3.63, 3.8) is 0 Å². The van der Waals surface area contributed by atoms with Crippen molar-refractivity contribution in [2.45, 2.75) is 6.61 Å². The Balaban J connectivity index is 1.66. The van der Waals surface area contributed by atoms with Gasteiger partial charge in [-0.05, 0) is 29.8 Å². The average molecular weight is 307 g/mol. The van der Waals surface area contributed by atoms with Gasteiger partial charge in [-0.25, -0.2) is 4.98 Å². The quantitative estimate of drug-likeness (QED) is 0.783. The van der Waals surface area contributed by atoms with E-state index in [4.69, 9.17) is 15.2 Å². The van der Waals surface area contributed by atoms with Crippen molar-refractivity contribution in [3.8, 4) is 22.8 Å². The number of anilines is 1. The highest BCUT2D eigenvalue weighted by Crippen LogP contribution is 2.22. The molecule has 0 aliphatic rings. The molecule has 0 saturated heterocycles. The van der Waals surface area contributed by atoms with Gasteiger partial charge in [-0.15, -0.1) is 0 Å². The van der Waals surface area contributed by atoms with Crippen LogP contribution in [0.1, 0.15) is 5.56 Å². The molecule has 0 spiro atoms. The average Bonchev–Trinajstić information content (AvgIpc) is 2.61. The summed E-state index contributed by atoms with van der Waals surface area (Å²) in [6.45, 7) is 0.489. The van der Waals surface area contributed by atoms with Crippen LogP contribution < -0.4 is 15.2 Å². The molecule has 2 aromatic carbocycles. The molecule has 0 bridgehead atoms. The van der Waals surface area contributed by atoms with Crippen LogP contribution in [0.15, 0.2) is 60.9 Å². The molecule has 5 nitrogen and oxygen atoms in total. The number of hydrogen-bond acceptors (Lipinski definition) is 5. The summed E-state index contributed by atoms with van der Waals surface area (Å²) in [5.41, 5.74) is 8.53. The van der Waals surface area contributed by atoms with Crippen LogP contribution in [0.4, 0.5) is 5.82 Å². The van der Waals surface area contributed by atoms with Gasteiger partial charge < -0.3 is 15.2 Å². The zero-order valence-electron chi connectivity index (χ0n) is 12.8. The highest BCUT2D eigenvalue weighted by Gasteiger charge is 2.05. The first kappa shape index (κ1) is 14.8. The molecule has 23 heavy (non-hydrogen) atoms. The molecular formula is C18H17N3O2. The fourth-order valence-corrected chi connectivity index (χ4v) is 2.17. The summed E-state index contributed by atoms with van der Waals surface area (Å²) in [6, 6.07) is 15.4. The molecule has 5 heteroatoms. The Morgan fingerprint density at radius 1 is 0.870 bits per heavy atom. The van der Waals surface area contributed by atoms with Gasteiger partial charge >= 0.3 is 0 Å². The van der Waals surface area contributed by atoms with E-state index < -0.39 is 0 Å². The summed E-state index contributed by atoms with van der Waals surface area (Å²) in [5, 5.41) is 0. The monoisotopic (exact) mass is 307 g/mol. The second kappa shape index (κ2) is 6.79. The maximum atomic E-state index is 5.84. The van der Waals surface area contributed by atoms with E-state index in [1.165, 1.54) is 0 Å². The summed E-state index contributed by atoms with van der Waals surface area (Å²) >= 11 is 0. The lowest BCUT2D eigenvalue weighted by atomic mass is 10.1. The fourth-order valence-electron chi connectivity index (χ4n) is 2.17. The molecule has 0 fully saturated rings. The van der Waals surface area contributed by atoms with Crippen molar-refractivity contribution >= 4 is 5.82 Å². The van der Waals surface area contributed by atoms with Crippen molar-refractivity contribution in [2.24, 2.45) is 0 Å². The molecule has 1 aromatic heterocycles. The van der Waals surface area contributed by atoms with Crippen LogP contribution in [0.5, 0.6) is 11.5 Å². The first-order valence-corrected chi connectivity index (χ1v) is 7.19. The van der Waals surface area contributed by atoms with E-state index in [-0.39, 0.29) is 0 Å². The van der Waals surface area contributed by atoms with Crippen molar-refractivity contribution in [2.75, 3.05) is 12.8 Å². The third-order valence-electron chi connectivity index (χ3n) is 3.42. The van der Waals surface area contributed by atoms with E-state index in [9.17, 15) is 0 Å². The van der Waals surface area contributed by atoms with Crippen LogP contribution in [0.3, 0.4) is 0 Å². The fraction of sp³-hybridized carbons (Fsp3) is 0.111. The number of ether oxygens (including phenoxy) is 2. The van der Waals surface area contributed by atoms with Crippen LogP contribution >= 0.6 is 0 Å². The molecule has 1 heterocycles. The summed E-state index contributed by atoms with van der Waals surface area (Å²) in [7, 11) is 1.64. The number of nitrogen functional groups attached to an aromatic ring is 1. The van der Waals surface area contributed by atoms with Gasteiger partial charge in [0.2, 0.25) is 0 Å². The zero-order valence-corrected chi connectivity index (χ0v) is 12.8. The highest BCUT2D eigenvalue weighted by atomic mass is 16.5. The van der Waals surface area contributed by atoms with Gasteiger partial charge in [-0.2, -0.15) is 0 Å². The molecular weight excluding hydrogens is 290 g/mol. The van der Waals surface area contributed by atoms with Crippen molar-refractivity contribution in [1.29, 1.82) is 0 Å². The van der Waals surface area contributed by atoms with Gasteiger partial charge in [-0.1, -0.05) is 24.3 Å². The second-order valence-corrected chi connectivity index (χ2v) is 4.95. The van der Waals surface area contributed by atoms with E-state index in [1.54, 1.807) is 19.5 Å². The van der Waals surface area contributed by atoms with E-state index in [0.29, 0.717) is 18.1 Å². The highest BCUT2D eigenvalue weighted by molar-refractivity contribution is 5.69. The minimum atomic E-state index is 0.426. The largest absolute Gasteiger partial charge is 0.497 e. The summed E-state index contributed by atoms with van der Waals surface area (Å²) in [5.74, 6) is 2.03. The summed E-state index contributed by atoms with van der Waals surface area (Å²) < 4.78 is 10.9. The Morgan fingerprint density at radius 3 is 2.17 bits per heavy atom. The van der Waals surface area contributed by atoms with E-state index >= 15 is 0 Å². The Bertz CT molecular complexity index is 771. The molecule has 0 atom stereocenters. The number of methoxy groups -OCH3 is 1. The second-order valence-electron chi connectivity index (χ2n) is 4.95. The van der Waals surface area contributed by atoms with Crippen LogP contribution in [-0.4, -0.2) is 17.1 Å². The topological polar surface area (TPSA) is 70.3 Å². The van der Waals surface area contributed by atoms with Gasteiger partial charge in [0.1, 0.15) is 29.6 Å². The lowest BCUT2D eigenvalue weighted by Crippen LogP contribution is -1.97. The van der Waals surface area contributed by atoms with Crippen LogP contribution in [-0.2, 0) is 6.61 Å². The molecule has 3 rings (SSSR count). The van der Waals surface area contributed by atoms with Gasteiger partial charge in [0.05, 0.1) is 7.11 Å². The Labute approximate surface area is 134 Å². The molecule has 0 amide bonds. The van der Waals surface area contributed by atoms with Crippen molar-refractivity contribution < 1.29 is 9.47 Å². The van der Waals surface area contributed by atoms with Crippen LogP contribution in [0.2, 0.25) is 0 Å². The minimum absolute atomic E-state index is 0.426. The maximum Gasteiger partial charge on any atom is 0.149 e. The first-order chi connectivity index (χ1) is 11.3. The van der Waals surface area contributed by atoms with E-state index in [0.717, 1.165) is 22.6 Å². The Morgan fingerprint density at radius 2 is 1.52 bits per heavy atom. The molecule has 0 saturated carbocycles. The summed E-state index contributed by atoms with van der Waals surface area (Å²) in [4.78, 5) is 8.31. The first-order valence-electron chi connectivity index (χ1n) is 7.19. The normalized spacial score (nSPS) is 10.3. The third kappa shape index (κ3) is 3.58. The number of rotatable bonds is 5. The molecule has 2 N–H and O–H groups in total. The van der Waals surface area contributed by atoms with Crippen molar-refractivity contribution in [3.05, 3.63) is 66.5 Å². The van der Waals surface area contributed by atoms with Gasteiger partial charge in [0.25, 0.3) is 0 Å². The number of aromatic nitrogens is 2. The lowest BCUT2D eigenvalue weighted by Gasteiger charge is -2.08. The molecule has 0 unspecified atom stereocenters. The predicted octanol–water partition coefficient (Wildman–Crippen LogP) is 3.31. The Hall–Kier alpha value is -3.08. The third-order valence-corrected chi connectivity index (χ3v) is 3.42. The minimum Gasteiger partial charge on any atom is -0.497 e. The van der Waals surface area contributed by atoms with Crippen LogP contribution in [0.25, 0.3) is 11.3 Å². The summed E-state index contributed by atoms with van der Waals surface area (Å²) in [6.07, 6.45) is 3.21. The van der Waals surface area contributed by atoms with E-state index in [1.807, 2.05) is 48.5 Å². The standard InChI is InChI=1S/C18H17N3O2/c1-22-15-6-8-16(9-7-15)23-12-13-2-4-14(5-3-13)17-18(19)21-11-10-20-17/h2-11H,12H2,1H3,(H2,19,21). The molecule has 3 aromatic rings. The number of nitrogens with two attached hydrogens (primary N) is 1. The Kier molecular flexibility index (Phi) is 4.38. The van der Waals surface area contributed by atoms with Gasteiger partial charge in [0, 0.05) is 18.0 Å². The number of hydrogen-bond donors (Lipinski definition) is 1. The molecule has 0 aliphatic heterocycles. The van der Waals surface area contributed by atoms with Gasteiger partial charge in [-0.3, -0.25) is 4.98 Å². The van der Waals surface area contributed by atoms with Crippen molar-refractivity contribution in [1.82, 2.24) is 9.97 Å². The lowest BCUT2D eigenvalue weighted by molar-refractivity contribution is 0.305. The predicted molar refractivity (Wildman–Crippen MR) is 89.2 cm³/mol. The molecule has 0 aliphatic carbocycles. The van der Waals surface area contributed by atoms with E-state index in [2.05, 4.69) is 9.97 Å². The zero-order chi connectivity index (χ0) is 16.1. The SMILES string of the molecule is COc1ccc(OCc2ccc(-c3nccnc3N)cc2)cc1.